The number of halogens is 4. The quantitative estimate of drug-likeness (QED) is 0.382. The topological polar surface area (TPSA) is 115 Å². The minimum absolute atomic E-state index is 0.00711. The van der Waals surface area contributed by atoms with Crippen molar-refractivity contribution in [3.8, 4) is 23.1 Å². The van der Waals surface area contributed by atoms with Gasteiger partial charge < -0.3 is 9.64 Å². The zero-order chi connectivity index (χ0) is 26.6. The van der Waals surface area contributed by atoms with Crippen LogP contribution in [0.25, 0.3) is 22.3 Å². The molecule has 190 valence electrons. The second-order valence-corrected chi connectivity index (χ2v) is 8.57. The number of fused-ring (bicyclic) bond motifs is 1. The monoisotopic (exact) mass is 514 g/mol. The van der Waals surface area contributed by atoms with Gasteiger partial charge in [-0.15, -0.1) is 0 Å². The van der Waals surface area contributed by atoms with Crippen molar-refractivity contribution in [1.29, 1.82) is 5.26 Å². The van der Waals surface area contributed by atoms with E-state index >= 15 is 0 Å². The highest BCUT2D eigenvalue weighted by atomic mass is 19.4. The Bertz CT molecular complexity index is 1650. The second kappa shape index (κ2) is 8.54. The molecule has 0 atom stereocenters. The highest BCUT2D eigenvalue weighted by Crippen LogP contribution is 2.33. The van der Waals surface area contributed by atoms with Crippen molar-refractivity contribution in [1.82, 2.24) is 29.3 Å². The molecule has 1 saturated heterocycles. The summed E-state index contributed by atoms with van der Waals surface area (Å²) in [6, 6.07) is 5.22. The summed E-state index contributed by atoms with van der Waals surface area (Å²) in [4.78, 5) is 26.7. The van der Waals surface area contributed by atoms with Gasteiger partial charge in [-0.05, 0) is 25.1 Å². The molecule has 1 aliphatic heterocycles. The molecule has 10 nitrogen and oxygen atoms in total. The Morgan fingerprint density at radius 2 is 1.86 bits per heavy atom. The molecule has 14 heteroatoms. The minimum atomic E-state index is -4.95. The van der Waals surface area contributed by atoms with Crippen LogP contribution < -0.4 is 15.2 Å². The summed E-state index contributed by atoms with van der Waals surface area (Å²) < 4.78 is 63.6. The molecule has 0 saturated carbocycles. The first kappa shape index (κ1) is 24.2. The van der Waals surface area contributed by atoms with Gasteiger partial charge in [0, 0.05) is 19.7 Å². The van der Waals surface area contributed by atoms with E-state index in [1.165, 1.54) is 12.1 Å². The first-order valence-corrected chi connectivity index (χ1v) is 10.9. The van der Waals surface area contributed by atoms with E-state index in [0.29, 0.717) is 29.1 Å². The fourth-order valence-electron chi connectivity index (χ4n) is 4.04. The van der Waals surface area contributed by atoms with E-state index in [0.717, 1.165) is 13.1 Å². The number of nitrogens with zero attached hydrogens (tertiary/aromatic N) is 8. The lowest BCUT2D eigenvalue weighted by Crippen LogP contribution is -2.54. The fourth-order valence-corrected chi connectivity index (χ4v) is 4.04. The maximum absolute atomic E-state index is 15.0. The molecule has 0 N–H and O–H groups in total. The average Bonchev–Trinajstić information content (AvgIpc) is 3.13. The summed E-state index contributed by atoms with van der Waals surface area (Å²) in [6.07, 6.45) is -3.48. The molecule has 3 aromatic heterocycles. The summed E-state index contributed by atoms with van der Waals surface area (Å²) in [7, 11) is 2.70. The smallest absolute Gasteiger partial charge is 0.449 e. The number of aromatic nitrogens is 6. The van der Waals surface area contributed by atoms with Crippen LogP contribution in [0.4, 0.5) is 23.5 Å². The van der Waals surface area contributed by atoms with Gasteiger partial charge in [0.2, 0.25) is 11.8 Å². The van der Waals surface area contributed by atoms with E-state index in [4.69, 9.17) is 10.00 Å². The van der Waals surface area contributed by atoms with E-state index < -0.39 is 34.4 Å². The highest BCUT2D eigenvalue weighted by molar-refractivity contribution is 5.90. The van der Waals surface area contributed by atoms with Crippen LogP contribution in [-0.4, -0.2) is 48.5 Å². The summed E-state index contributed by atoms with van der Waals surface area (Å²) >= 11 is 0. The number of ether oxygens (including phenoxy) is 1. The van der Waals surface area contributed by atoms with Gasteiger partial charge in [0.25, 0.3) is 5.56 Å². The molecular weight excluding hydrogens is 496 g/mol. The molecule has 4 aromatic rings. The number of anilines is 1. The van der Waals surface area contributed by atoms with E-state index in [1.54, 1.807) is 35.8 Å². The zero-order valence-electron chi connectivity index (χ0n) is 19.7. The summed E-state index contributed by atoms with van der Waals surface area (Å²) in [5.41, 5.74) is -1.76. The van der Waals surface area contributed by atoms with Crippen molar-refractivity contribution in [2.24, 2.45) is 14.1 Å². The first-order chi connectivity index (χ1) is 17.5. The molecule has 5 rings (SSSR count). The van der Waals surface area contributed by atoms with E-state index in [1.807, 2.05) is 0 Å². The molecule has 0 radical (unpaired) electrons. The van der Waals surface area contributed by atoms with Gasteiger partial charge in [0.1, 0.15) is 28.8 Å². The standard InChI is InChI=1S/C23H18F4N8O2/c1-11-16(10-33(2)32-11)37-13-8-35(9-13)22-30-17(14-5-4-12(7-28)6-15(14)24)18-19(31-22)20(36)34(3)21(29-18)23(25,26)27/h4-6,10,13H,8-9H2,1-3H3. The predicted octanol–water partition coefficient (Wildman–Crippen LogP) is 2.73. The molecular formula is C23H18F4N8O2. The van der Waals surface area contributed by atoms with Crippen molar-refractivity contribution in [3.05, 3.63) is 57.6 Å². The Labute approximate surface area is 206 Å². The Balaban J connectivity index is 1.61. The van der Waals surface area contributed by atoms with Crippen molar-refractivity contribution in [3.63, 3.8) is 0 Å². The number of hydrogen-bond donors (Lipinski definition) is 0. The molecule has 1 aromatic carbocycles. The molecule has 0 amide bonds. The second-order valence-electron chi connectivity index (χ2n) is 8.57. The summed E-state index contributed by atoms with van der Waals surface area (Å²) in [5, 5.41) is 13.3. The van der Waals surface area contributed by atoms with Crippen molar-refractivity contribution >= 4 is 17.0 Å². The third-order valence-electron chi connectivity index (χ3n) is 5.91. The molecule has 0 aliphatic carbocycles. The van der Waals surface area contributed by atoms with Gasteiger partial charge in [-0.25, -0.2) is 19.3 Å². The van der Waals surface area contributed by atoms with Crippen molar-refractivity contribution in [2.75, 3.05) is 18.0 Å². The summed E-state index contributed by atoms with van der Waals surface area (Å²) in [5.74, 6) is -1.77. The van der Waals surface area contributed by atoms with Crippen LogP contribution in [0.3, 0.4) is 0 Å². The summed E-state index contributed by atoms with van der Waals surface area (Å²) in [6.45, 7) is 2.42. The number of alkyl halides is 3. The van der Waals surface area contributed by atoms with E-state index in [2.05, 4.69) is 20.1 Å². The molecule has 1 fully saturated rings. The van der Waals surface area contributed by atoms with Gasteiger partial charge in [0.15, 0.2) is 11.3 Å². The first-order valence-electron chi connectivity index (χ1n) is 10.9. The number of benzene rings is 1. The van der Waals surface area contributed by atoms with Crippen LogP contribution in [0.5, 0.6) is 5.75 Å². The Hall–Kier alpha value is -4.54. The molecule has 37 heavy (non-hydrogen) atoms. The molecule has 0 spiro atoms. The Morgan fingerprint density at radius 1 is 1.14 bits per heavy atom. The lowest BCUT2D eigenvalue weighted by molar-refractivity contribution is -0.147. The van der Waals surface area contributed by atoms with Gasteiger partial charge in [-0.2, -0.15) is 23.5 Å². The molecule has 0 unspecified atom stereocenters. The van der Waals surface area contributed by atoms with Gasteiger partial charge in [0.05, 0.1) is 30.9 Å². The third kappa shape index (κ3) is 4.22. The van der Waals surface area contributed by atoms with Crippen LogP contribution in [0.1, 0.15) is 17.1 Å². The zero-order valence-corrected chi connectivity index (χ0v) is 19.7. The van der Waals surface area contributed by atoms with Crippen LogP contribution in [0.15, 0.2) is 29.2 Å². The van der Waals surface area contributed by atoms with Crippen LogP contribution >= 0.6 is 0 Å². The van der Waals surface area contributed by atoms with Crippen LogP contribution in [-0.2, 0) is 20.3 Å². The van der Waals surface area contributed by atoms with E-state index in [-0.39, 0.29) is 28.9 Å². The Kier molecular flexibility index (Phi) is 5.58. The maximum atomic E-state index is 15.0. The SMILES string of the molecule is Cc1nn(C)cc1OC1CN(c2nc(-c3ccc(C#N)cc3F)c3nc(C(F)(F)F)n(C)c(=O)c3n2)C1. The fraction of sp³-hybridized carbons (Fsp3) is 0.304. The molecule has 0 bridgehead atoms. The lowest BCUT2D eigenvalue weighted by Gasteiger charge is -2.38. The lowest BCUT2D eigenvalue weighted by atomic mass is 10.1. The van der Waals surface area contributed by atoms with Gasteiger partial charge >= 0.3 is 6.18 Å². The number of nitriles is 1. The molecule has 1 aliphatic rings. The highest BCUT2D eigenvalue weighted by Gasteiger charge is 2.38. The van der Waals surface area contributed by atoms with Crippen LogP contribution in [0, 0.1) is 24.1 Å². The van der Waals surface area contributed by atoms with E-state index in [9.17, 15) is 22.4 Å². The molecule has 4 heterocycles. The van der Waals surface area contributed by atoms with Crippen molar-refractivity contribution in [2.45, 2.75) is 19.2 Å². The Morgan fingerprint density at radius 3 is 2.46 bits per heavy atom. The predicted molar refractivity (Wildman–Crippen MR) is 122 cm³/mol. The minimum Gasteiger partial charge on any atom is -0.483 e. The normalized spacial score (nSPS) is 14.1. The van der Waals surface area contributed by atoms with Crippen LogP contribution in [0.2, 0.25) is 0 Å². The number of rotatable bonds is 4. The third-order valence-corrected chi connectivity index (χ3v) is 5.91. The van der Waals surface area contributed by atoms with Gasteiger partial charge in [-0.1, -0.05) is 0 Å². The number of hydrogen-bond acceptors (Lipinski definition) is 8. The van der Waals surface area contributed by atoms with Crippen molar-refractivity contribution < 1.29 is 22.3 Å². The van der Waals surface area contributed by atoms with Gasteiger partial charge in [-0.3, -0.25) is 14.0 Å². The largest absolute Gasteiger partial charge is 0.483 e. The maximum Gasteiger partial charge on any atom is 0.449 e. The number of aryl methyl sites for hydroxylation is 2. The average molecular weight is 514 g/mol.